The van der Waals surface area contributed by atoms with E-state index in [2.05, 4.69) is 15.5 Å². The van der Waals surface area contributed by atoms with Crippen LogP contribution in [0, 0.1) is 0 Å². The van der Waals surface area contributed by atoms with Crippen molar-refractivity contribution in [1.29, 1.82) is 0 Å². The number of nitrogens with one attached hydrogen (secondary N) is 1. The van der Waals surface area contributed by atoms with Crippen LogP contribution in [-0.4, -0.2) is 23.3 Å². The molecule has 0 atom stereocenters. The molecular formula is C11H17N3O. The molecular weight excluding hydrogens is 190 g/mol. The van der Waals surface area contributed by atoms with Crippen molar-refractivity contribution in [2.75, 3.05) is 7.05 Å². The van der Waals surface area contributed by atoms with E-state index in [1.54, 1.807) is 0 Å². The Morgan fingerprint density at radius 1 is 1.33 bits per heavy atom. The first kappa shape index (κ1) is 10.4. The van der Waals surface area contributed by atoms with Crippen LogP contribution in [0.3, 0.4) is 0 Å². The molecule has 0 radical (unpaired) electrons. The summed E-state index contributed by atoms with van der Waals surface area (Å²) in [5.74, 6) is 0.654. The summed E-state index contributed by atoms with van der Waals surface area (Å²) in [6, 6.07) is 3.85. The Morgan fingerprint density at radius 3 is 2.73 bits per heavy atom. The van der Waals surface area contributed by atoms with E-state index in [4.69, 9.17) is 4.74 Å². The zero-order valence-electron chi connectivity index (χ0n) is 9.07. The van der Waals surface area contributed by atoms with E-state index in [9.17, 15) is 0 Å². The fourth-order valence-electron chi connectivity index (χ4n) is 1.86. The maximum atomic E-state index is 5.71. The summed E-state index contributed by atoms with van der Waals surface area (Å²) < 4.78 is 5.71. The van der Waals surface area contributed by atoms with E-state index in [0.29, 0.717) is 12.0 Å². The third-order valence-electron chi connectivity index (χ3n) is 2.64. The van der Waals surface area contributed by atoms with Gasteiger partial charge in [0, 0.05) is 12.6 Å². The molecule has 0 aliphatic heterocycles. The second-order valence-electron chi connectivity index (χ2n) is 3.92. The van der Waals surface area contributed by atoms with Gasteiger partial charge < -0.3 is 10.1 Å². The Balaban J connectivity index is 1.91. The van der Waals surface area contributed by atoms with Gasteiger partial charge in [-0.05, 0) is 38.8 Å². The van der Waals surface area contributed by atoms with Crippen LogP contribution in [-0.2, 0) is 6.54 Å². The Kier molecular flexibility index (Phi) is 3.50. The third-order valence-corrected chi connectivity index (χ3v) is 2.64. The molecule has 1 saturated carbocycles. The summed E-state index contributed by atoms with van der Waals surface area (Å²) in [6.45, 7) is 0.747. The van der Waals surface area contributed by atoms with Crippen LogP contribution in [0.5, 0.6) is 5.88 Å². The molecule has 0 bridgehead atoms. The number of nitrogens with zero attached hydrogens (tertiary/aromatic N) is 2. The minimum atomic E-state index is 0.356. The zero-order chi connectivity index (χ0) is 10.5. The molecule has 0 aromatic carbocycles. The Labute approximate surface area is 90.1 Å². The molecule has 1 aromatic heterocycles. The molecule has 1 fully saturated rings. The highest BCUT2D eigenvalue weighted by Gasteiger charge is 2.16. The first-order chi connectivity index (χ1) is 7.38. The second kappa shape index (κ2) is 5.07. The van der Waals surface area contributed by atoms with Crippen molar-refractivity contribution in [3.8, 4) is 5.88 Å². The van der Waals surface area contributed by atoms with Gasteiger partial charge in [0.2, 0.25) is 5.88 Å². The largest absolute Gasteiger partial charge is 0.473 e. The van der Waals surface area contributed by atoms with Crippen molar-refractivity contribution in [2.24, 2.45) is 0 Å². The standard InChI is InChI=1S/C11H17N3O/c1-12-8-9-6-7-11(14-13-9)15-10-4-2-3-5-10/h6-7,10,12H,2-5,8H2,1H3. The van der Waals surface area contributed by atoms with E-state index in [1.807, 2.05) is 19.2 Å². The van der Waals surface area contributed by atoms with E-state index in [0.717, 1.165) is 25.1 Å². The fourth-order valence-corrected chi connectivity index (χ4v) is 1.86. The summed E-state index contributed by atoms with van der Waals surface area (Å²) >= 11 is 0. The van der Waals surface area contributed by atoms with Gasteiger partial charge in [0.15, 0.2) is 0 Å². The molecule has 1 aliphatic rings. The highest BCUT2D eigenvalue weighted by molar-refractivity contribution is 5.11. The van der Waals surface area contributed by atoms with E-state index >= 15 is 0 Å². The summed E-state index contributed by atoms with van der Waals surface area (Å²) in [4.78, 5) is 0. The highest BCUT2D eigenvalue weighted by atomic mass is 16.5. The van der Waals surface area contributed by atoms with Gasteiger partial charge in [-0.1, -0.05) is 0 Å². The molecule has 0 spiro atoms. The van der Waals surface area contributed by atoms with Gasteiger partial charge >= 0.3 is 0 Å². The first-order valence-corrected chi connectivity index (χ1v) is 5.52. The van der Waals surface area contributed by atoms with Crippen LogP contribution in [0.1, 0.15) is 31.4 Å². The van der Waals surface area contributed by atoms with Gasteiger partial charge in [-0.25, -0.2) is 0 Å². The molecule has 4 nitrogen and oxygen atoms in total. The lowest BCUT2D eigenvalue weighted by atomic mass is 10.3. The smallest absolute Gasteiger partial charge is 0.233 e. The molecule has 4 heteroatoms. The van der Waals surface area contributed by atoms with Crippen LogP contribution in [0.25, 0.3) is 0 Å². The Bertz CT molecular complexity index is 293. The normalized spacial score (nSPS) is 16.9. The number of aromatic nitrogens is 2. The van der Waals surface area contributed by atoms with Crippen LogP contribution in [0.4, 0.5) is 0 Å². The second-order valence-corrected chi connectivity index (χ2v) is 3.92. The molecule has 1 heterocycles. The van der Waals surface area contributed by atoms with Crippen molar-refractivity contribution in [3.63, 3.8) is 0 Å². The van der Waals surface area contributed by atoms with Crippen LogP contribution >= 0.6 is 0 Å². The predicted molar refractivity (Wildman–Crippen MR) is 57.7 cm³/mol. The van der Waals surface area contributed by atoms with Gasteiger partial charge in [-0.15, -0.1) is 5.10 Å². The van der Waals surface area contributed by atoms with Gasteiger partial charge in [0.1, 0.15) is 6.10 Å². The molecule has 1 N–H and O–H groups in total. The van der Waals surface area contributed by atoms with E-state index in [1.165, 1.54) is 12.8 Å². The maximum absolute atomic E-state index is 5.71. The van der Waals surface area contributed by atoms with Crippen LogP contribution < -0.4 is 10.1 Å². The molecule has 15 heavy (non-hydrogen) atoms. The molecule has 1 aliphatic carbocycles. The van der Waals surface area contributed by atoms with Gasteiger partial charge in [-0.2, -0.15) is 5.10 Å². The molecule has 0 unspecified atom stereocenters. The lowest BCUT2D eigenvalue weighted by Crippen LogP contribution is -2.13. The van der Waals surface area contributed by atoms with Crippen LogP contribution in [0.2, 0.25) is 0 Å². The quantitative estimate of drug-likeness (QED) is 0.813. The van der Waals surface area contributed by atoms with Gasteiger partial charge in [-0.3, -0.25) is 0 Å². The van der Waals surface area contributed by atoms with Gasteiger partial charge in [0.05, 0.1) is 5.69 Å². The van der Waals surface area contributed by atoms with Crippen molar-refractivity contribution in [1.82, 2.24) is 15.5 Å². The van der Waals surface area contributed by atoms with E-state index < -0.39 is 0 Å². The number of rotatable bonds is 4. The Hall–Kier alpha value is -1.16. The maximum Gasteiger partial charge on any atom is 0.233 e. The predicted octanol–water partition coefficient (Wildman–Crippen LogP) is 1.52. The SMILES string of the molecule is CNCc1ccc(OC2CCCC2)nn1. The first-order valence-electron chi connectivity index (χ1n) is 5.52. The lowest BCUT2D eigenvalue weighted by Gasteiger charge is -2.11. The monoisotopic (exact) mass is 207 g/mol. The molecule has 2 rings (SSSR count). The number of hydrogen-bond acceptors (Lipinski definition) is 4. The summed E-state index contributed by atoms with van der Waals surface area (Å²) in [7, 11) is 1.89. The van der Waals surface area contributed by atoms with E-state index in [-0.39, 0.29) is 0 Å². The minimum absolute atomic E-state index is 0.356. The average molecular weight is 207 g/mol. The fraction of sp³-hybridized carbons (Fsp3) is 0.636. The third kappa shape index (κ3) is 2.89. The lowest BCUT2D eigenvalue weighted by molar-refractivity contribution is 0.199. The van der Waals surface area contributed by atoms with Crippen molar-refractivity contribution < 1.29 is 4.74 Å². The van der Waals surface area contributed by atoms with Crippen molar-refractivity contribution in [2.45, 2.75) is 38.3 Å². The highest BCUT2D eigenvalue weighted by Crippen LogP contribution is 2.22. The molecule has 1 aromatic rings. The average Bonchev–Trinajstić information content (AvgIpc) is 2.74. The summed E-state index contributed by atoms with van der Waals surface area (Å²) in [5, 5.41) is 11.2. The number of ether oxygens (including phenoxy) is 1. The molecule has 82 valence electrons. The van der Waals surface area contributed by atoms with Gasteiger partial charge in [0.25, 0.3) is 0 Å². The summed E-state index contributed by atoms with van der Waals surface area (Å²) in [6.07, 6.45) is 5.21. The van der Waals surface area contributed by atoms with Crippen molar-refractivity contribution in [3.05, 3.63) is 17.8 Å². The summed E-state index contributed by atoms with van der Waals surface area (Å²) in [5.41, 5.74) is 0.941. The van der Waals surface area contributed by atoms with Crippen molar-refractivity contribution >= 4 is 0 Å². The molecule has 0 amide bonds. The topological polar surface area (TPSA) is 47.0 Å². The van der Waals surface area contributed by atoms with Crippen LogP contribution in [0.15, 0.2) is 12.1 Å². The molecule has 0 saturated heterocycles. The zero-order valence-corrected chi connectivity index (χ0v) is 9.07. The Morgan fingerprint density at radius 2 is 2.13 bits per heavy atom. The number of hydrogen-bond donors (Lipinski definition) is 1. The minimum Gasteiger partial charge on any atom is -0.473 e.